The number of anilines is 1. The predicted molar refractivity (Wildman–Crippen MR) is 96.9 cm³/mol. The molecule has 0 bridgehead atoms. The van der Waals surface area contributed by atoms with Crippen molar-refractivity contribution in [2.45, 2.75) is 30.0 Å². The first-order valence-corrected chi connectivity index (χ1v) is 8.79. The highest BCUT2D eigenvalue weighted by Crippen LogP contribution is 2.43. The van der Waals surface area contributed by atoms with E-state index in [2.05, 4.69) is 5.32 Å². The number of hydrogen-bond donors (Lipinski definition) is 1. The number of carbonyl (C=O) groups is 2. The van der Waals surface area contributed by atoms with Gasteiger partial charge in [-0.25, -0.2) is 0 Å². The van der Waals surface area contributed by atoms with Crippen LogP contribution in [0.3, 0.4) is 0 Å². The number of amides is 2. The van der Waals surface area contributed by atoms with E-state index in [9.17, 15) is 9.59 Å². The monoisotopic (exact) mass is 340 g/mol. The van der Waals surface area contributed by atoms with E-state index >= 15 is 0 Å². The molecule has 1 heterocycles. The zero-order valence-electron chi connectivity index (χ0n) is 13.8. The molecule has 0 aliphatic carbocycles. The van der Waals surface area contributed by atoms with Crippen molar-refractivity contribution >= 4 is 29.3 Å². The maximum atomic E-state index is 13.1. The van der Waals surface area contributed by atoms with Crippen LogP contribution in [0.1, 0.15) is 19.4 Å². The largest absolute Gasteiger partial charge is 0.337 e. The Bertz CT molecular complexity index is 763. The van der Waals surface area contributed by atoms with Crippen molar-refractivity contribution in [1.82, 2.24) is 4.90 Å². The van der Waals surface area contributed by atoms with Gasteiger partial charge < -0.3 is 10.2 Å². The zero-order valence-corrected chi connectivity index (χ0v) is 14.6. The van der Waals surface area contributed by atoms with Crippen molar-refractivity contribution in [1.29, 1.82) is 0 Å². The lowest BCUT2D eigenvalue weighted by Gasteiger charge is -2.36. The Kier molecular flexibility index (Phi) is 4.62. The van der Waals surface area contributed by atoms with Crippen molar-refractivity contribution in [2.75, 3.05) is 11.9 Å². The lowest BCUT2D eigenvalue weighted by Crippen LogP contribution is -2.53. The molecule has 3 rings (SSSR count). The molecule has 1 unspecified atom stereocenters. The second kappa shape index (κ2) is 6.69. The molecule has 24 heavy (non-hydrogen) atoms. The van der Waals surface area contributed by atoms with Crippen LogP contribution in [0.4, 0.5) is 5.69 Å². The van der Waals surface area contributed by atoms with Gasteiger partial charge in [0.2, 0.25) is 11.8 Å². The second-order valence-electron chi connectivity index (χ2n) is 5.89. The van der Waals surface area contributed by atoms with Crippen molar-refractivity contribution in [3.63, 3.8) is 0 Å². The SMILES string of the molecule is CCN(Cc1ccccc1)C(=O)C1(C)Sc2ccccc2NC1=O. The summed E-state index contributed by atoms with van der Waals surface area (Å²) in [5.41, 5.74) is 1.82. The fourth-order valence-electron chi connectivity index (χ4n) is 2.74. The topological polar surface area (TPSA) is 49.4 Å². The van der Waals surface area contributed by atoms with Gasteiger partial charge in [-0.3, -0.25) is 9.59 Å². The Morgan fingerprint density at radius 2 is 1.79 bits per heavy atom. The summed E-state index contributed by atoms with van der Waals surface area (Å²) in [7, 11) is 0. The quantitative estimate of drug-likeness (QED) is 0.866. The standard InChI is InChI=1S/C19H20N2O2S/c1-3-21(13-14-9-5-4-6-10-14)18(23)19(2)17(22)20-15-11-7-8-12-16(15)24-19/h4-12H,3,13H2,1-2H3,(H,20,22). The van der Waals surface area contributed by atoms with Gasteiger partial charge in [0, 0.05) is 18.0 Å². The van der Waals surface area contributed by atoms with E-state index in [-0.39, 0.29) is 11.8 Å². The average molecular weight is 340 g/mol. The smallest absolute Gasteiger partial charge is 0.250 e. The van der Waals surface area contributed by atoms with Gasteiger partial charge in [0.05, 0.1) is 5.69 Å². The Balaban J connectivity index is 1.85. The molecule has 2 aromatic carbocycles. The third-order valence-electron chi connectivity index (χ3n) is 4.18. The number of fused-ring (bicyclic) bond motifs is 1. The van der Waals surface area contributed by atoms with Crippen LogP contribution < -0.4 is 5.32 Å². The Hall–Kier alpha value is -2.27. The number of nitrogens with zero attached hydrogens (tertiary/aromatic N) is 1. The van der Waals surface area contributed by atoms with Crippen LogP contribution in [-0.4, -0.2) is 28.0 Å². The summed E-state index contributed by atoms with van der Waals surface area (Å²) in [6.45, 7) is 4.70. The minimum absolute atomic E-state index is 0.161. The molecule has 5 heteroatoms. The minimum atomic E-state index is -1.15. The number of benzene rings is 2. The number of carbonyl (C=O) groups excluding carboxylic acids is 2. The summed E-state index contributed by atoms with van der Waals surface area (Å²) in [5, 5.41) is 2.87. The number of hydrogen-bond acceptors (Lipinski definition) is 3. The van der Waals surface area contributed by atoms with Crippen molar-refractivity contribution < 1.29 is 9.59 Å². The van der Waals surface area contributed by atoms with Crippen molar-refractivity contribution in [2.24, 2.45) is 0 Å². The molecule has 2 aromatic rings. The first-order valence-electron chi connectivity index (χ1n) is 7.97. The molecule has 0 fully saturated rings. The molecule has 1 N–H and O–H groups in total. The molecule has 124 valence electrons. The fraction of sp³-hybridized carbons (Fsp3) is 0.263. The Morgan fingerprint density at radius 1 is 1.12 bits per heavy atom. The first-order chi connectivity index (χ1) is 11.5. The van der Waals surface area contributed by atoms with E-state index in [0.717, 1.165) is 16.1 Å². The van der Waals surface area contributed by atoms with E-state index in [0.29, 0.717) is 13.1 Å². The maximum absolute atomic E-state index is 13.1. The summed E-state index contributed by atoms with van der Waals surface area (Å²) in [6, 6.07) is 17.4. The van der Waals surface area contributed by atoms with Crippen LogP contribution in [0.25, 0.3) is 0 Å². The van der Waals surface area contributed by atoms with Gasteiger partial charge in [-0.2, -0.15) is 0 Å². The van der Waals surface area contributed by atoms with Crippen molar-refractivity contribution in [3.05, 3.63) is 60.2 Å². The second-order valence-corrected chi connectivity index (χ2v) is 7.35. The zero-order chi connectivity index (χ0) is 17.2. The van der Waals surface area contributed by atoms with Crippen LogP contribution in [0.15, 0.2) is 59.5 Å². The molecule has 1 aliphatic heterocycles. The van der Waals surface area contributed by atoms with Crippen LogP contribution in [0, 0.1) is 0 Å². The van der Waals surface area contributed by atoms with Gasteiger partial charge in [0.25, 0.3) is 0 Å². The van der Waals surface area contributed by atoms with Crippen LogP contribution in [0.5, 0.6) is 0 Å². The highest BCUT2D eigenvalue weighted by atomic mass is 32.2. The average Bonchev–Trinajstić information content (AvgIpc) is 2.61. The predicted octanol–water partition coefficient (Wildman–Crippen LogP) is 3.54. The van der Waals surface area contributed by atoms with Gasteiger partial charge in [0.15, 0.2) is 4.75 Å². The molecule has 0 radical (unpaired) electrons. The summed E-state index contributed by atoms with van der Waals surface area (Å²) >= 11 is 1.33. The maximum Gasteiger partial charge on any atom is 0.250 e. The summed E-state index contributed by atoms with van der Waals surface area (Å²) in [5.74, 6) is -0.423. The molecule has 2 amide bonds. The summed E-state index contributed by atoms with van der Waals surface area (Å²) in [6.07, 6.45) is 0. The molecular formula is C19H20N2O2S. The number of para-hydroxylation sites is 1. The van der Waals surface area contributed by atoms with E-state index in [1.165, 1.54) is 11.8 Å². The lowest BCUT2D eigenvalue weighted by molar-refractivity contribution is -0.138. The summed E-state index contributed by atoms with van der Waals surface area (Å²) in [4.78, 5) is 28.4. The number of thioether (sulfide) groups is 1. The molecule has 0 aromatic heterocycles. The molecule has 0 saturated carbocycles. The number of rotatable bonds is 4. The highest BCUT2D eigenvalue weighted by molar-refractivity contribution is 8.02. The van der Waals surface area contributed by atoms with Crippen LogP contribution in [0.2, 0.25) is 0 Å². The first kappa shape index (κ1) is 16.6. The Labute approximate surface area is 146 Å². The molecule has 1 aliphatic rings. The summed E-state index contributed by atoms with van der Waals surface area (Å²) < 4.78 is -1.15. The van der Waals surface area contributed by atoms with E-state index in [1.54, 1.807) is 11.8 Å². The highest BCUT2D eigenvalue weighted by Gasteiger charge is 2.47. The molecule has 1 atom stereocenters. The van der Waals surface area contributed by atoms with Crippen molar-refractivity contribution in [3.8, 4) is 0 Å². The molecule has 4 nitrogen and oxygen atoms in total. The van der Waals surface area contributed by atoms with E-state index in [1.807, 2.05) is 61.5 Å². The third kappa shape index (κ3) is 3.04. The molecule has 0 saturated heterocycles. The van der Waals surface area contributed by atoms with E-state index < -0.39 is 4.75 Å². The number of nitrogens with one attached hydrogen (secondary N) is 1. The normalized spacial score (nSPS) is 19.3. The van der Waals surface area contributed by atoms with Gasteiger partial charge in [0.1, 0.15) is 0 Å². The lowest BCUT2D eigenvalue weighted by atomic mass is 10.1. The van der Waals surface area contributed by atoms with Crippen LogP contribution >= 0.6 is 11.8 Å². The van der Waals surface area contributed by atoms with Crippen LogP contribution in [-0.2, 0) is 16.1 Å². The molecule has 0 spiro atoms. The van der Waals surface area contributed by atoms with Gasteiger partial charge in [-0.05, 0) is 31.5 Å². The third-order valence-corrected chi connectivity index (χ3v) is 5.52. The van der Waals surface area contributed by atoms with Gasteiger partial charge in [-0.1, -0.05) is 54.2 Å². The van der Waals surface area contributed by atoms with Gasteiger partial charge >= 0.3 is 0 Å². The Morgan fingerprint density at radius 3 is 2.50 bits per heavy atom. The van der Waals surface area contributed by atoms with E-state index in [4.69, 9.17) is 0 Å². The fourth-order valence-corrected chi connectivity index (χ4v) is 3.92. The van der Waals surface area contributed by atoms with Gasteiger partial charge in [-0.15, -0.1) is 0 Å². The molecular weight excluding hydrogens is 320 g/mol. The minimum Gasteiger partial charge on any atom is -0.337 e.